The van der Waals surface area contributed by atoms with Crippen LogP contribution in [-0.4, -0.2) is 147 Å². The van der Waals surface area contributed by atoms with E-state index in [4.69, 9.17) is 44.2 Å². The summed E-state index contributed by atoms with van der Waals surface area (Å²) in [6.07, 6.45) is 24.1. The molecule has 0 bridgehead atoms. The van der Waals surface area contributed by atoms with Crippen molar-refractivity contribution in [1.82, 2.24) is 44.6 Å². The van der Waals surface area contributed by atoms with Crippen LogP contribution in [0.1, 0.15) is 224 Å². The second kappa shape index (κ2) is 32.6. The zero-order valence-electron chi connectivity index (χ0n) is 59.0. The molecule has 546 valence electrons. The van der Waals surface area contributed by atoms with Gasteiger partial charge in [0.05, 0.1) is 71.1 Å². The van der Waals surface area contributed by atoms with E-state index in [-0.39, 0.29) is 92.2 Å². The van der Waals surface area contributed by atoms with Gasteiger partial charge in [0.1, 0.15) is 21.7 Å². The van der Waals surface area contributed by atoms with Gasteiger partial charge >= 0.3 is 0 Å². The highest BCUT2D eigenvalue weighted by atomic mass is 35.5. The summed E-state index contributed by atoms with van der Waals surface area (Å²) in [5.41, 5.74) is 12.9. The predicted molar refractivity (Wildman–Crippen MR) is 410 cm³/mol. The highest BCUT2D eigenvalue weighted by Gasteiger charge is 2.50. The highest BCUT2D eigenvalue weighted by molar-refractivity contribution is 6.74. The van der Waals surface area contributed by atoms with E-state index in [1.165, 1.54) is 0 Å². The Hall–Kier alpha value is -7.69. The molecule has 3 amide bonds. The zero-order valence-corrected chi connectivity index (χ0v) is 62.3. The van der Waals surface area contributed by atoms with Crippen LogP contribution in [0, 0.1) is 0 Å². The topological polar surface area (TPSA) is 245 Å². The average molecular weight is 1480 g/mol. The number of halogens is 3. The van der Waals surface area contributed by atoms with Crippen LogP contribution in [0.3, 0.4) is 0 Å². The maximum absolute atomic E-state index is 14.3. The molecule has 0 radical (unpaired) electrons. The molecular weight excluding hydrogens is 1390 g/mol. The summed E-state index contributed by atoms with van der Waals surface area (Å²) >= 11 is 17.9. The molecule has 9 atom stereocenters. The number of carbonyl (C=O) groups excluding carboxylic acids is 4. The SMILES string of the molecule is C.CC(C)(C)[Si](C)(C)O[C@H]1CCCC[C@@H]1N1C(=O)c2cc(Cc3ccc(Cl)nc3)c3cccnc3c2C1CC=O.O=C1c2cc(Cc3ccc(Cl)nc3)c3cccnc3c2C(CCO)N1[C@H]1CCCC[C@@H]1O.O=C1c2cc(Cc3ccc(Cl)nc3)c3cccnc3c2C(CCO)N1[C@H]1CCCC[C@@H]1O. The summed E-state index contributed by atoms with van der Waals surface area (Å²) in [6, 6.07) is 27.5. The Labute approximate surface area is 624 Å². The molecule has 6 aromatic heterocycles. The lowest BCUT2D eigenvalue weighted by Crippen LogP contribution is -2.53. The lowest BCUT2D eigenvalue weighted by molar-refractivity contribution is -0.109. The van der Waals surface area contributed by atoms with E-state index >= 15 is 0 Å². The molecule has 3 saturated carbocycles. The fraction of sp³-hybridized carbons (Fsp3) is 0.439. The first-order chi connectivity index (χ1) is 49.7. The summed E-state index contributed by atoms with van der Waals surface area (Å²) in [7, 11) is -2.06. The molecule has 6 aliphatic rings. The maximum atomic E-state index is 14.3. The first kappa shape index (κ1) is 76.0. The number of amides is 3. The molecule has 0 spiro atoms. The molecule has 15 rings (SSSR count). The van der Waals surface area contributed by atoms with Crippen molar-refractivity contribution in [3.8, 4) is 0 Å². The zero-order chi connectivity index (χ0) is 72.4. The van der Waals surface area contributed by atoms with Gasteiger partial charge in [0, 0.05) is 106 Å². The van der Waals surface area contributed by atoms with Crippen molar-refractivity contribution < 1.29 is 44.0 Å². The number of aliphatic hydroxyl groups excluding tert-OH is 4. The van der Waals surface area contributed by atoms with E-state index in [1.807, 2.05) is 81.4 Å². The van der Waals surface area contributed by atoms with E-state index < -0.39 is 20.5 Å². The molecule has 3 aromatic carbocycles. The number of fused-ring (bicyclic) bond motifs is 9. The van der Waals surface area contributed by atoms with Gasteiger partial charge in [0.15, 0.2) is 8.32 Å². The lowest BCUT2D eigenvalue weighted by Gasteiger charge is -2.46. The van der Waals surface area contributed by atoms with E-state index in [1.54, 1.807) is 55.4 Å². The minimum Gasteiger partial charge on any atom is -0.412 e. The second-order valence-electron chi connectivity index (χ2n) is 29.9. The Morgan fingerprint density at radius 2 is 0.846 bits per heavy atom. The molecule has 3 aliphatic carbocycles. The number of pyridine rings is 6. The van der Waals surface area contributed by atoms with Crippen molar-refractivity contribution in [2.75, 3.05) is 13.2 Å². The van der Waals surface area contributed by atoms with Crippen LogP contribution in [0.4, 0.5) is 0 Å². The third-order valence-corrected chi connectivity index (χ3v) is 27.7. The van der Waals surface area contributed by atoms with Gasteiger partial charge in [-0.3, -0.25) is 29.3 Å². The number of aldehydes is 1. The van der Waals surface area contributed by atoms with Gasteiger partial charge in [-0.1, -0.05) is 138 Å². The summed E-state index contributed by atoms with van der Waals surface area (Å²) in [6.45, 7) is 11.2. The number of aromatic nitrogens is 6. The first-order valence-corrected chi connectivity index (χ1v) is 40.4. The Morgan fingerprint density at radius 1 is 0.500 bits per heavy atom. The number of hydrogen-bond acceptors (Lipinski definition) is 15. The maximum Gasteiger partial charge on any atom is 0.255 e. The van der Waals surface area contributed by atoms with Crippen molar-refractivity contribution in [3.05, 3.63) is 210 Å². The molecule has 3 fully saturated rings. The summed E-state index contributed by atoms with van der Waals surface area (Å²) < 4.78 is 6.97. The van der Waals surface area contributed by atoms with E-state index in [2.05, 4.69) is 64.9 Å². The summed E-state index contributed by atoms with van der Waals surface area (Å²) in [5, 5.41) is 45.4. The van der Waals surface area contributed by atoms with Gasteiger partial charge in [-0.25, -0.2) is 15.0 Å². The minimum absolute atomic E-state index is 0. The number of benzene rings is 3. The van der Waals surface area contributed by atoms with Gasteiger partial charge in [-0.05, 0) is 177 Å². The average Bonchev–Trinajstić information content (AvgIpc) is 1.58. The Kier molecular flexibility index (Phi) is 23.8. The number of carbonyl (C=O) groups is 4. The van der Waals surface area contributed by atoms with Crippen molar-refractivity contribution in [2.24, 2.45) is 0 Å². The molecule has 0 saturated heterocycles. The Bertz CT molecular complexity index is 4420. The number of nitrogens with zero attached hydrogens (tertiary/aromatic N) is 9. The number of rotatable bonds is 17. The van der Waals surface area contributed by atoms with Gasteiger partial charge in [-0.15, -0.1) is 0 Å². The van der Waals surface area contributed by atoms with E-state index in [0.29, 0.717) is 77.1 Å². The van der Waals surface area contributed by atoms with Crippen LogP contribution in [0.5, 0.6) is 0 Å². The molecule has 9 aromatic rings. The van der Waals surface area contributed by atoms with Gasteiger partial charge < -0.3 is 44.3 Å². The number of hydrogen-bond donors (Lipinski definition) is 4. The normalized spacial score (nSPS) is 22.4. The molecule has 22 heteroatoms. The molecule has 104 heavy (non-hydrogen) atoms. The predicted octanol–water partition coefficient (Wildman–Crippen LogP) is 16.0. The third-order valence-electron chi connectivity index (χ3n) is 22.5. The van der Waals surface area contributed by atoms with Crippen molar-refractivity contribution in [1.29, 1.82) is 0 Å². The second-order valence-corrected chi connectivity index (χ2v) is 35.8. The first-order valence-electron chi connectivity index (χ1n) is 36.4. The molecular formula is C82H94Cl3N9O9Si. The van der Waals surface area contributed by atoms with Crippen molar-refractivity contribution in [2.45, 2.75) is 216 Å². The van der Waals surface area contributed by atoms with Crippen LogP contribution < -0.4 is 0 Å². The van der Waals surface area contributed by atoms with Crippen molar-refractivity contribution in [3.63, 3.8) is 0 Å². The molecule has 3 aliphatic heterocycles. The van der Waals surface area contributed by atoms with Gasteiger partial charge in [0.2, 0.25) is 0 Å². The van der Waals surface area contributed by atoms with Gasteiger partial charge in [0.25, 0.3) is 17.7 Å². The fourth-order valence-electron chi connectivity index (χ4n) is 16.6. The summed E-state index contributed by atoms with van der Waals surface area (Å²) in [5.74, 6) is -0.171. The molecule has 4 N–H and O–H groups in total. The minimum atomic E-state index is -2.06. The van der Waals surface area contributed by atoms with Crippen LogP contribution >= 0.6 is 34.8 Å². The van der Waals surface area contributed by atoms with Crippen molar-refractivity contribution >= 4 is 99.8 Å². The molecule has 3 unspecified atom stereocenters. The molecule has 9 heterocycles. The number of aliphatic hydroxyl groups is 4. The third kappa shape index (κ3) is 15.3. The van der Waals surface area contributed by atoms with E-state index in [9.17, 15) is 39.6 Å². The van der Waals surface area contributed by atoms with Crippen LogP contribution in [0.15, 0.2) is 128 Å². The Balaban J connectivity index is 0.000000147. The smallest absolute Gasteiger partial charge is 0.255 e. The lowest BCUT2D eigenvalue weighted by atomic mass is 9.89. The van der Waals surface area contributed by atoms with Crippen LogP contribution in [0.2, 0.25) is 33.6 Å². The largest absolute Gasteiger partial charge is 0.412 e. The molecule has 18 nitrogen and oxygen atoms in total. The van der Waals surface area contributed by atoms with Crippen LogP contribution in [0.25, 0.3) is 32.7 Å². The van der Waals surface area contributed by atoms with Gasteiger partial charge in [-0.2, -0.15) is 0 Å². The highest BCUT2D eigenvalue weighted by Crippen LogP contribution is 2.50. The fourth-order valence-corrected chi connectivity index (χ4v) is 18.4. The monoisotopic (exact) mass is 1480 g/mol. The van der Waals surface area contributed by atoms with E-state index in [0.717, 1.165) is 153 Å². The van der Waals surface area contributed by atoms with Crippen LogP contribution in [-0.2, 0) is 28.5 Å². The standard InChI is InChI=1S/C31H38ClN3O3Si.2C25H26ClN3O3.CH4/c1-31(2,3)39(4,5)38-26-11-7-6-10-24(26)35-25(14-16-36)28-23(30(35)37)18-21(22-9-8-15-33-29(22)28)17-20-12-13-27(32)34-19-20;2*26-22-8-7-15(14-28-22)12-16-13-18-23(24-17(16)4-3-10-27-24)20(9-11-30)29(25(18)32)19-5-1-2-6-21(19)31;/h8-9,12-13,15-16,18-19,24-26H,6-7,10-11,14,17H2,1-5H3;2*3-4,7-8,10,13-14,19-21,30-31H,1-2,5-6,9,11-12H2;1H4/t24-,25?,26-;2*19-,20?,21-;/m000./s1. The summed E-state index contributed by atoms with van der Waals surface area (Å²) in [4.78, 5) is 86.0. The quantitative estimate of drug-likeness (QED) is 0.0376. The Morgan fingerprint density at radius 3 is 1.18 bits per heavy atom.